The van der Waals surface area contributed by atoms with E-state index in [0.717, 1.165) is 12.5 Å². The number of benzene rings is 1. The first-order valence-corrected chi connectivity index (χ1v) is 11.9. The predicted octanol–water partition coefficient (Wildman–Crippen LogP) is 5.89. The van der Waals surface area contributed by atoms with E-state index in [4.69, 9.17) is 39.1 Å². The normalized spacial score (nSPS) is 13.4. The first kappa shape index (κ1) is 26.5. The molecule has 184 valence electrons. The Morgan fingerprint density at radius 3 is 2.54 bits per heavy atom. The van der Waals surface area contributed by atoms with E-state index >= 15 is 4.39 Å². The number of ether oxygens (including phenoxy) is 2. The minimum atomic E-state index is -0.714. The van der Waals surface area contributed by atoms with Crippen molar-refractivity contribution in [3.63, 3.8) is 0 Å². The van der Waals surface area contributed by atoms with E-state index in [1.54, 1.807) is 12.1 Å². The van der Waals surface area contributed by atoms with Crippen molar-refractivity contribution in [2.75, 3.05) is 11.5 Å². The van der Waals surface area contributed by atoms with Crippen LogP contribution in [0.3, 0.4) is 0 Å². The van der Waals surface area contributed by atoms with E-state index in [1.165, 1.54) is 17.2 Å². The molecule has 0 atom stereocenters. The number of esters is 1. The predicted molar refractivity (Wildman–Crippen MR) is 133 cm³/mol. The standard InChI is InChI=1S/C26H25Cl2FN2O4/c1-4-11-34-26(33)19-8-6-5-7-18(19)25(32)31(15-17-9-10-24(28)30-14-17)22-13-23(35-16(2)3)20(27)12-21(22)29/h1,9-10,12-14,16H,5-8,11,15H2,2-3H3. The Morgan fingerprint density at radius 1 is 1.20 bits per heavy atom. The second-order valence-electron chi connectivity index (χ2n) is 8.23. The Kier molecular flexibility index (Phi) is 9.13. The fourth-order valence-electron chi connectivity index (χ4n) is 3.74. The van der Waals surface area contributed by atoms with Crippen molar-refractivity contribution in [1.29, 1.82) is 0 Å². The number of amides is 1. The minimum Gasteiger partial charge on any atom is -0.489 e. The van der Waals surface area contributed by atoms with Crippen LogP contribution in [-0.4, -0.2) is 29.6 Å². The van der Waals surface area contributed by atoms with Crippen LogP contribution in [0.15, 0.2) is 41.6 Å². The van der Waals surface area contributed by atoms with Crippen molar-refractivity contribution in [3.8, 4) is 18.1 Å². The lowest BCUT2D eigenvalue weighted by Gasteiger charge is -2.28. The molecule has 1 amide bonds. The average molecular weight is 519 g/mol. The summed E-state index contributed by atoms with van der Waals surface area (Å²) in [7, 11) is 0. The number of hydrogen-bond acceptors (Lipinski definition) is 5. The van der Waals surface area contributed by atoms with Gasteiger partial charge in [0.2, 0.25) is 0 Å². The molecule has 0 radical (unpaired) electrons. The van der Waals surface area contributed by atoms with Gasteiger partial charge in [0, 0.05) is 23.4 Å². The van der Waals surface area contributed by atoms with Crippen LogP contribution in [0.4, 0.5) is 10.1 Å². The maximum Gasteiger partial charge on any atom is 0.335 e. The summed E-state index contributed by atoms with van der Waals surface area (Å²) in [5, 5.41) is 0.362. The Labute approximate surface area is 214 Å². The van der Waals surface area contributed by atoms with Crippen molar-refractivity contribution >= 4 is 40.8 Å². The van der Waals surface area contributed by atoms with Crippen LogP contribution in [0.1, 0.15) is 45.1 Å². The molecule has 0 aliphatic heterocycles. The lowest BCUT2D eigenvalue weighted by atomic mass is 9.90. The zero-order valence-corrected chi connectivity index (χ0v) is 21.0. The van der Waals surface area contributed by atoms with Crippen molar-refractivity contribution in [2.45, 2.75) is 52.2 Å². The number of hydrogen-bond donors (Lipinski definition) is 0. The third-order valence-corrected chi connectivity index (χ3v) is 5.81. The first-order chi connectivity index (χ1) is 16.7. The van der Waals surface area contributed by atoms with Gasteiger partial charge in [-0.3, -0.25) is 4.79 Å². The van der Waals surface area contributed by atoms with Gasteiger partial charge in [-0.2, -0.15) is 0 Å². The van der Waals surface area contributed by atoms with Crippen LogP contribution in [0.5, 0.6) is 5.75 Å². The molecule has 1 aromatic heterocycles. The highest BCUT2D eigenvalue weighted by Gasteiger charge is 2.31. The summed E-state index contributed by atoms with van der Waals surface area (Å²) in [6.45, 7) is 3.38. The van der Waals surface area contributed by atoms with Crippen LogP contribution >= 0.6 is 23.2 Å². The molecule has 1 aliphatic rings. The second kappa shape index (κ2) is 12.1. The molecule has 0 saturated carbocycles. The SMILES string of the molecule is C#CCOC(=O)C1=C(C(=O)N(Cc2ccc(Cl)nc2)c2cc(OC(C)C)c(Cl)cc2F)CCCC1. The number of terminal acetylenes is 1. The quantitative estimate of drug-likeness (QED) is 0.247. The van der Waals surface area contributed by atoms with E-state index in [-0.39, 0.29) is 52.0 Å². The van der Waals surface area contributed by atoms with E-state index in [9.17, 15) is 9.59 Å². The van der Waals surface area contributed by atoms with E-state index in [0.29, 0.717) is 24.8 Å². The molecule has 0 saturated heterocycles. The third kappa shape index (κ3) is 6.74. The van der Waals surface area contributed by atoms with E-state index < -0.39 is 17.7 Å². The van der Waals surface area contributed by atoms with Crippen molar-refractivity contribution in [1.82, 2.24) is 4.98 Å². The highest BCUT2D eigenvalue weighted by atomic mass is 35.5. The van der Waals surface area contributed by atoms with Crippen molar-refractivity contribution in [3.05, 3.63) is 63.2 Å². The lowest BCUT2D eigenvalue weighted by Crippen LogP contribution is -2.34. The zero-order valence-electron chi connectivity index (χ0n) is 19.4. The largest absolute Gasteiger partial charge is 0.489 e. The Hall–Kier alpha value is -3.08. The van der Waals surface area contributed by atoms with Crippen molar-refractivity contribution < 1.29 is 23.5 Å². The highest BCUT2D eigenvalue weighted by Crippen LogP contribution is 2.36. The molecule has 1 aromatic carbocycles. The van der Waals surface area contributed by atoms with E-state index in [1.807, 2.05) is 13.8 Å². The fourth-order valence-corrected chi connectivity index (χ4v) is 4.05. The van der Waals surface area contributed by atoms with Crippen molar-refractivity contribution in [2.24, 2.45) is 0 Å². The number of halogens is 3. The van der Waals surface area contributed by atoms with Crippen LogP contribution in [0, 0.1) is 18.2 Å². The molecule has 1 aliphatic carbocycles. The van der Waals surface area contributed by atoms with E-state index in [2.05, 4.69) is 10.9 Å². The van der Waals surface area contributed by atoms with Gasteiger partial charge in [0.1, 0.15) is 16.7 Å². The lowest BCUT2D eigenvalue weighted by molar-refractivity contribution is -0.138. The van der Waals surface area contributed by atoms with Crippen LogP contribution < -0.4 is 9.64 Å². The molecule has 9 heteroatoms. The summed E-state index contributed by atoms with van der Waals surface area (Å²) in [4.78, 5) is 31.8. The molecule has 35 heavy (non-hydrogen) atoms. The molecule has 1 heterocycles. The van der Waals surface area contributed by atoms with Crippen LogP contribution in [-0.2, 0) is 20.9 Å². The Bertz CT molecular complexity index is 1170. The highest BCUT2D eigenvalue weighted by molar-refractivity contribution is 6.32. The zero-order chi connectivity index (χ0) is 25.5. The number of carbonyl (C=O) groups is 2. The number of rotatable bonds is 8. The Morgan fingerprint density at radius 2 is 1.91 bits per heavy atom. The van der Waals surface area contributed by atoms with Gasteiger partial charge in [-0.25, -0.2) is 14.2 Å². The number of pyridine rings is 1. The Balaban J connectivity index is 2.10. The maximum absolute atomic E-state index is 15.2. The molecule has 0 spiro atoms. The molecule has 0 bridgehead atoms. The van der Waals surface area contributed by atoms with Gasteiger partial charge >= 0.3 is 5.97 Å². The van der Waals surface area contributed by atoms with Gasteiger partial charge in [0.25, 0.3) is 5.91 Å². The molecule has 0 N–H and O–H groups in total. The molecule has 0 unspecified atom stereocenters. The second-order valence-corrected chi connectivity index (χ2v) is 9.02. The fraction of sp³-hybridized carbons (Fsp3) is 0.346. The smallest absolute Gasteiger partial charge is 0.335 e. The van der Waals surface area contributed by atoms with Crippen LogP contribution in [0.2, 0.25) is 10.2 Å². The van der Waals surface area contributed by atoms with Gasteiger partial charge in [-0.15, -0.1) is 6.42 Å². The summed E-state index contributed by atoms with van der Waals surface area (Å²) in [5.74, 6) is 0.603. The molecule has 3 rings (SSSR count). The first-order valence-electron chi connectivity index (χ1n) is 11.1. The summed E-state index contributed by atoms with van der Waals surface area (Å²) in [5.41, 5.74) is 1.08. The van der Waals surface area contributed by atoms with Gasteiger partial charge in [-0.05, 0) is 57.2 Å². The summed E-state index contributed by atoms with van der Waals surface area (Å²) < 4.78 is 26.0. The molecule has 2 aromatic rings. The number of anilines is 1. The van der Waals surface area contributed by atoms with Gasteiger partial charge in [0.15, 0.2) is 6.61 Å². The van der Waals surface area contributed by atoms with Gasteiger partial charge in [-0.1, -0.05) is 35.2 Å². The summed E-state index contributed by atoms with van der Waals surface area (Å²) in [6, 6.07) is 5.75. The summed E-state index contributed by atoms with van der Waals surface area (Å²) >= 11 is 12.1. The third-order valence-electron chi connectivity index (χ3n) is 5.29. The average Bonchev–Trinajstić information content (AvgIpc) is 2.83. The summed E-state index contributed by atoms with van der Waals surface area (Å²) in [6.07, 6.45) is 8.61. The topological polar surface area (TPSA) is 68.7 Å². The monoisotopic (exact) mass is 518 g/mol. The van der Waals surface area contributed by atoms with Gasteiger partial charge in [0.05, 0.1) is 23.4 Å². The molecule has 0 fully saturated rings. The molecular weight excluding hydrogens is 494 g/mol. The molecule has 6 nitrogen and oxygen atoms in total. The minimum absolute atomic E-state index is 0.0289. The molecular formula is C26H25Cl2FN2O4. The maximum atomic E-state index is 15.2. The number of carbonyl (C=O) groups excluding carboxylic acids is 2. The number of nitrogens with zero attached hydrogens (tertiary/aromatic N) is 2. The number of aromatic nitrogens is 1. The van der Waals surface area contributed by atoms with Gasteiger partial charge < -0.3 is 14.4 Å². The van der Waals surface area contributed by atoms with Crippen LogP contribution in [0.25, 0.3) is 0 Å².